The zero-order valence-corrected chi connectivity index (χ0v) is 9.83. The molecular formula is C10H15F3N2O3. The van der Waals surface area contributed by atoms with E-state index in [1.807, 2.05) is 0 Å². The van der Waals surface area contributed by atoms with Crippen molar-refractivity contribution in [1.82, 2.24) is 10.2 Å². The largest absolute Gasteiger partial charge is 0.414 e. The Morgan fingerprint density at radius 2 is 2.22 bits per heavy atom. The van der Waals surface area contributed by atoms with Crippen molar-refractivity contribution in [3.63, 3.8) is 0 Å². The first-order valence-corrected chi connectivity index (χ1v) is 5.51. The average Bonchev–Trinajstić information content (AvgIpc) is 2.23. The fraction of sp³-hybridized carbons (Fsp3) is 0.800. The summed E-state index contributed by atoms with van der Waals surface area (Å²) >= 11 is 0. The number of carbonyl (C=O) groups excluding carboxylic acids is 2. The van der Waals surface area contributed by atoms with Gasteiger partial charge in [0.15, 0.2) is 6.10 Å². The standard InChI is InChI=1S/C10H15F3N2O3/c1-15-4-2-3-6(9(15)18)14-8(17)5-7(16)10(11,12)13/h6-7,16H,2-5H2,1H3,(H,14,17)/t6-,7+/m0/s1. The van der Waals surface area contributed by atoms with Crippen LogP contribution in [0.3, 0.4) is 0 Å². The molecule has 8 heteroatoms. The summed E-state index contributed by atoms with van der Waals surface area (Å²) in [6.45, 7) is 0.566. The molecular weight excluding hydrogens is 253 g/mol. The minimum absolute atomic E-state index is 0.323. The Balaban J connectivity index is 2.47. The monoisotopic (exact) mass is 268 g/mol. The van der Waals surface area contributed by atoms with Crippen LogP contribution in [0.2, 0.25) is 0 Å². The van der Waals surface area contributed by atoms with Crippen LogP contribution in [0.1, 0.15) is 19.3 Å². The lowest BCUT2D eigenvalue weighted by molar-refractivity contribution is -0.206. The highest BCUT2D eigenvalue weighted by Gasteiger charge is 2.40. The highest BCUT2D eigenvalue weighted by atomic mass is 19.4. The molecule has 104 valence electrons. The molecule has 2 amide bonds. The Hall–Kier alpha value is -1.31. The van der Waals surface area contributed by atoms with Crippen molar-refractivity contribution in [2.45, 2.75) is 37.6 Å². The summed E-state index contributed by atoms with van der Waals surface area (Å²) in [7, 11) is 1.56. The molecule has 1 aliphatic heterocycles. The van der Waals surface area contributed by atoms with Crippen molar-refractivity contribution >= 4 is 11.8 Å². The molecule has 0 aromatic carbocycles. The number of piperidine rings is 1. The van der Waals surface area contributed by atoms with E-state index in [1.54, 1.807) is 7.05 Å². The lowest BCUT2D eigenvalue weighted by Crippen LogP contribution is -2.51. The van der Waals surface area contributed by atoms with E-state index in [9.17, 15) is 22.8 Å². The molecule has 2 N–H and O–H groups in total. The molecule has 1 heterocycles. The molecule has 0 unspecified atom stereocenters. The average molecular weight is 268 g/mol. The van der Waals surface area contributed by atoms with Gasteiger partial charge in [0.05, 0.1) is 6.42 Å². The van der Waals surface area contributed by atoms with Crippen molar-refractivity contribution < 1.29 is 27.9 Å². The number of likely N-dealkylation sites (tertiary alicyclic amines) is 1. The summed E-state index contributed by atoms with van der Waals surface area (Å²) in [6, 6.07) is -0.795. The summed E-state index contributed by atoms with van der Waals surface area (Å²) in [6.07, 6.45) is -7.54. The van der Waals surface area contributed by atoms with Crippen LogP contribution in [-0.4, -0.2) is 53.7 Å². The predicted molar refractivity (Wildman–Crippen MR) is 55.5 cm³/mol. The molecule has 1 fully saturated rings. The molecule has 0 aromatic rings. The maximum Gasteiger partial charge on any atom is 0.414 e. The molecule has 0 bridgehead atoms. The highest BCUT2D eigenvalue weighted by Crippen LogP contribution is 2.22. The number of likely N-dealkylation sites (N-methyl/N-ethyl adjacent to an activating group) is 1. The SMILES string of the molecule is CN1CCC[C@H](NC(=O)C[C@@H](O)C(F)(F)F)C1=O. The summed E-state index contributed by atoms with van der Waals surface area (Å²) in [4.78, 5) is 24.3. The van der Waals surface area contributed by atoms with E-state index < -0.39 is 30.7 Å². The fourth-order valence-electron chi connectivity index (χ4n) is 1.71. The highest BCUT2D eigenvalue weighted by molar-refractivity contribution is 5.88. The Kier molecular flexibility index (Phi) is 4.55. The van der Waals surface area contributed by atoms with E-state index in [1.165, 1.54) is 4.90 Å². The Morgan fingerprint density at radius 1 is 1.61 bits per heavy atom. The Morgan fingerprint density at radius 3 is 2.78 bits per heavy atom. The normalized spacial score (nSPS) is 22.8. The number of rotatable bonds is 3. The number of nitrogens with zero attached hydrogens (tertiary/aromatic N) is 1. The summed E-state index contributed by atoms with van der Waals surface area (Å²) in [5, 5.41) is 10.9. The third kappa shape index (κ3) is 3.86. The van der Waals surface area contributed by atoms with Crippen LogP contribution in [-0.2, 0) is 9.59 Å². The van der Waals surface area contributed by atoms with E-state index in [-0.39, 0.29) is 5.91 Å². The molecule has 1 aliphatic rings. The van der Waals surface area contributed by atoms with Crippen LogP contribution in [0.4, 0.5) is 13.2 Å². The summed E-state index contributed by atoms with van der Waals surface area (Å²) in [5.41, 5.74) is 0. The number of nitrogens with one attached hydrogen (secondary N) is 1. The van der Waals surface area contributed by atoms with Gasteiger partial charge in [-0.2, -0.15) is 13.2 Å². The van der Waals surface area contributed by atoms with Gasteiger partial charge >= 0.3 is 6.18 Å². The lowest BCUT2D eigenvalue weighted by atomic mass is 10.0. The first-order valence-electron chi connectivity index (χ1n) is 5.51. The minimum Gasteiger partial charge on any atom is -0.383 e. The molecule has 0 aromatic heterocycles. The smallest absolute Gasteiger partial charge is 0.383 e. The molecule has 0 aliphatic carbocycles. The van der Waals surface area contributed by atoms with E-state index in [2.05, 4.69) is 5.32 Å². The third-order valence-electron chi connectivity index (χ3n) is 2.75. The second-order valence-corrected chi connectivity index (χ2v) is 4.28. The molecule has 1 saturated heterocycles. The van der Waals surface area contributed by atoms with E-state index >= 15 is 0 Å². The number of carbonyl (C=O) groups is 2. The van der Waals surface area contributed by atoms with Crippen molar-refractivity contribution in [1.29, 1.82) is 0 Å². The number of hydrogen-bond donors (Lipinski definition) is 2. The Bertz CT molecular complexity index is 333. The number of amides is 2. The van der Waals surface area contributed by atoms with Crippen molar-refractivity contribution in [3.05, 3.63) is 0 Å². The molecule has 5 nitrogen and oxygen atoms in total. The van der Waals surface area contributed by atoms with Gasteiger partial charge in [0.1, 0.15) is 6.04 Å². The summed E-state index contributed by atoms with van der Waals surface area (Å²) in [5.74, 6) is -1.30. The number of halogens is 3. The van der Waals surface area contributed by atoms with Crippen LogP contribution in [0.5, 0.6) is 0 Å². The van der Waals surface area contributed by atoms with Crippen molar-refractivity contribution in [3.8, 4) is 0 Å². The predicted octanol–water partition coefficient (Wildman–Crippen LogP) is 0.0367. The van der Waals surface area contributed by atoms with Gasteiger partial charge in [-0.05, 0) is 12.8 Å². The summed E-state index contributed by atoms with van der Waals surface area (Å²) < 4.78 is 36.1. The third-order valence-corrected chi connectivity index (χ3v) is 2.75. The molecule has 0 saturated carbocycles. The zero-order chi connectivity index (χ0) is 13.9. The van der Waals surface area contributed by atoms with E-state index in [0.29, 0.717) is 19.4 Å². The van der Waals surface area contributed by atoms with Gasteiger partial charge < -0.3 is 15.3 Å². The maximum absolute atomic E-state index is 12.0. The van der Waals surface area contributed by atoms with Crippen LogP contribution >= 0.6 is 0 Å². The van der Waals surface area contributed by atoms with Gasteiger partial charge in [-0.3, -0.25) is 9.59 Å². The van der Waals surface area contributed by atoms with E-state index in [0.717, 1.165) is 0 Å². The van der Waals surface area contributed by atoms with Crippen LogP contribution in [0.15, 0.2) is 0 Å². The molecule has 18 heavy (non-hydrogen) atoms. The second kappa shape index (κ2) is 5.55. The Labute approximate surface area is 102 Å². The van der Waals surface area contributed by atoms with Gasteiger partial charge in [0.25, 0.3) is 0 Å². The number of alkyl halides is 3. The van der Waals surface area contributed by atoms with Gasteiger partial charge in [0, 0.05) is 13.6 Å². The quantitative estimate of drug-likeness (QED) is 0.759. The van der Waals surface area contributed by atoms with Crippen molar-refractivity contribution in [2.75, 3.05) is 13.6 Å². The number of aliphatic hydroxyl groups excluding tert-OH is 1. The second-order valence-electron chi connectivity index (χ2n) is 4.28. The zero-order valence-electron chi connectivity index (χ0n) is 9.83. The van der Waals surface area contributed by atoms with Gasteiger partial charge in [0.2, 0.25) is 11.8 Å². The molecule has 0 spiro atoms. The first-order chi connectivity index (χ1) is 8.21. The van der Waals surface area contributed by atoms with Crippen LogP contribution in [0.25, 0.3) is 0 Å². The number of aliphatic hydroxyl groups is 1. The van der Waals surface area contributed by atoms with Crippen LogP contribution < -0.4 is 5.32 Å². The van der Waals surface area contributed by atoms with Gasteiger partial charge in [-0.15, -0.1) is 0 Å². The van der Waals surface area contributed by atoms with Gasteiger partial charge in [-0.25, -0.2) is 0 Å². The topological polar surface area (TPSA) is 69.6 Å². The maximum atomic E-state index is 12.0. The van der Waals surface area contributed by atoms with Crippen molar-refractivity contribution in [2.24, 2.45) is 0 Å². The number of hydrogen-bond acceptors (Lipinski definition) is 3. The fourth-order valence-corrected chi connectivity index (χ4v) is 1.71. The van der Waals surface area contributed by atoms with Crippen LogP contribution in [0, 0.1) is 0 Å². The van der Waals surface area contributed by atoms with Gasteiger partial charge in [-0.1, -0.05) is 0 Å². The van der Waals surface area contributed by atoms with E-state index in [4.69, 9.17) is 5.11 Å². The molecule has 2 atom stereocenters. The minimum atomic E-state index is -4.83. The lowest BCUT2D eigenvalue weighted by Gasteiger charge is -2.29. The molecule has 0 radical (unpaired) electrons. The molecule has 1 rings (SSSR count). The first kappa shape index (κ1) is 14.7.